The van der Waals surface area contributed by atoms with Gasteiger partial charge in [0, 0.05) is 0 Å². The molecule has 0 spiro atoms. The molecular weight excluding hydrogens is 250 g/mol. The van der Waals surface area contributed by atoms with Gasteiger partial charge in [0.15, 0.2) is 0 Å². The van der Waals surface area contributed by atoms with E-state index in [0.717, 1.165) is 12.8 Å². The molecule has 0 N–H and O–H groups in total. The predicted octanol–water partition coefficient (Wildman–Crippen LogP) is 2.47. The molecule has 0 fully saturated rings. The maximum absolute atomic E-state index is 10.1. The van der Waals surface area contributed by atoms with E-state index in [2.05, 4.69) is 37.3 Å². The Kier molecular flexibility index (Phi) is 12.8. The van der Waals surface area contributed by atoms with Crippen molar-refractivity contribution in [2.45, 2.75) is 51.4 Å². The zero-order chi connectivity index (χ0) is 13.1. The molecule has 0 bridgehead atoms. The Morgan fingerprint density at radius 3 is 2.47 bits per heavy atom. The van der Waals surface area contributed by atoms with Gasteiger partial charge >= 0.3 is 27.5 Å². The molecule has 0 radical (unpaired) electrons. The second-order valence-electron chi connectivity index (χ2n) is 4.65. The van der Waals surface area contributed by atoms with Crippen LogP contribution in [0.1, 0.15) is 58.4 Å². The van der Waals surface area contributed by atoms with Gasteiger partial charge in [0.25, 0.3) is 0 Å². The molecule has 1 aromatic carbocycles. The van der Waals surface area contributed by atoms with Gasteiger partial charge < -0.3 is 1.43 Å². The predicted molar refractivity (Wildman–Crippen MR) is 77.2 cm³/mol. The third kappa shape index (κ3) is 8.61. The Hall–Kier alpha value is -0.123. The van der Waals surface area contributed by atoms with Crippen LogP contribution < -0.4 is 18.9 Å². The summed E-state index contributed by atoms with van der Waals surface area (Å²) >= 11 is 0. The molecule has 102 valence electrons. The van der Waals surface area contributed by atoms with Crippen LogP contribution in [-0.2, 0) is 9.09 Å². The number of hydrogen-bond acceptors (Lipinski definition) is 2. The van der Waals surface area contributed by atoms with Crippen LogP contribution in [-0.4, -0.2) is 6.61 Å². The number of unbranched alkanes of at least 4 members (excludes halogenated alkanes) is 2. The van der Waals surface area contributed by atoms with Gasteiger partial charge in [-0.2, -0.15) is 0 Å². The summed E-state index contributed by atoms with van der Waals surface area (Å²) in [5.41, 5.74) is 1.45. The minimum atomic E-state index is -0.196. The van der Waals surface area contributed by atoms with E-state index in [9.17, 15) is 4.57 Å². The van der Waals surface area contributed by atoms with Gasteiger partial charge in [-0.05, 0) is 30.7 Å². The van der Waals surface area contributed by atoms with Gasteiger partial charge in [-0.25, -0.2) is 4.57 Å². The minimum absolute atomic E-state index is 0. The van der Waals surface area contributed by atoms with Crippen molar-refractivity contribution in [3.8, 4) is 0 Å². The molecule has 4 heteroatoms. The molecule has 0 aliphatic heterocycles. The molecule has 0 aliphatic carbocycles. The molecule has 0 heterocycles. The van der Waals surface area contributed by atoms with Crippen molar-refractivity contribution in [2.24, 2.45) is 0 Å². The first-order chi connectivity index (χ1) is 8.88. The monoisotopic (exact) mass is 274 g/mol. The Morgan fingerprint density at radius 1 is 1.16 bits per heavy atom. The van der Waals surface area contributed by atoms with E-state index in [1.54, 1.807) is 0 Å². The van der Waals surface area contributed by atoms with Gasteiger partial charge in [-0.1, -0.05) is 56.5 Å². The summed E-state index contributed by atoms with van der Waals surface area (Å²) < 4.78 is 15.0. The molecule has 0 aliphatic rings. The van der Waals surface area contributed by atoms with E-state index in [1.807, 2.05) is 0 Å². The minimum Gasteiger partial charge on any atom is -1.00 e. The molecule has 0 amide bonds. The van der Waals surface area contributed by atoms with Crippen LogP contribution in [0.2, 0.25) is 0 Å². The molecule has 1 unspecified atom stereocenters. The summed E-state index contributed by atoms with van der Waals surface area (Å²) in [5, 5.41) is 0. The molecule has 1 rings (SSSR count). The van der Waals surface area contributed by atoms with Crippen LogP contribution in [0, 0.1) is 0 Å². The summed E-state index contributed by atoms with van der Waals surface area (Å²) in [6, 6.07) is 10.8. The molecule has 19 heavy (non-hydrogen) atoms. The maximum atomic E-state index is 10.1. The van der Waals surface area contributed by atoms with E-state index in [0.29, 0.717) is 12.5 Å². The van der Waals surface area contributed by atoms with Gasteiger partial charge in [-0.15, -0.1) is 0 Å². The Morgan fingerprint density at radius 2 is 1.84 bits per heavy atom. The van der Waals surface area contributed by atoms with Crippen LogP contribution >= 0.6 is 8.69 Å². The van der Waals surface area contributed by atoms with E-state index in [4.69, 9.17) is 4.52 Å². The fourth-order valence-electron chi connectivity index (χ4n) is 2.25. The Balaban J connectivity index is 0. The largest absolute Gasteiger partial charge is 1.00 e. The van der Waals surface area contributed by atoms with Crippen molar-refractivity contribution in [1.29, 1.82) is 0 Å². The topological polar surface area (TPSA) is 26.3 Å². The summed E-state index contributed by atoms with van der Waals surface area (Å²) in [5.74, 6) is 0.663. The van der Waals surface area contributed by atoms with Gasteiger partial charge in [0.2, 0.25) is 0 Å². The fourth-order valence-corrected chi connectivity index (χ4v) is 2.45. The summed E-state index contributed by atoms with van der Waals surface area (Å²) in [6.45, 7) is 2.84. The first kappa shape index (κ1) is 18.9. The number of benzene rings is 1. The van der Waals surface area contributed by atoms with E-state index in [1.165, 1.54) is 31.2 Å². The van der Waals surface area contributed by atoms with Crippen LogP contribution in [0.5, 0.6) is 0 Å². The van der Waals surface area contributed by atoms with Crippen molar-refractivity contribution in [3.63, 3.8) is 0 Å². The molecule has 1 atom stereocenters. The summed E-state index contributed by atoms with van der Waals surface area (Å²) in [4.78, 5) is 0. The molecule has 0 saturated heterocycles. The van der Waals surface area contributed by atoms with Crippen molar-refractivity contribution < 1.29 is 29.4 Å². The smallest absolute Gasteiger partial charge is 1.00 e. The average molecular weight is 274 g/mol. The zero-order valence-electron chi connectivity index (χ0n) is 13.2. The number of hydrogen-bond donors (Lipinski definition) is 0. The van der Waals surface area contributed by atoms with Crippen molar-refractivity contribution in [3.05, 3.63) is 35.9 Å². The quantitative estimate of drug-likeness (QED) is 0.372. The molecule has 1 aromatic rings. The standard InChI is InChI=1S/C15H23O2P.Li.H/c1-2-3-9-14(12-7-8-13-17-18-16)15-10-5-4-6-11-15;;/h4-6,10-11,14H,2-3,7-9,12-13H2,1H3;;/q;+1;-1. The van der Waals surface area contributed by atoms with Crippen LogP contribution in [0.25, 0.3) is 0 Å². The second-order valence-corrected chi connectivity index (χ2v) is 5.06. The van der Waals surface area contributed by atoms with Gasteiger partial charge in [-0.3, -0.25) is 4.52 Å². The van der Waals surface area contributed by atoms with Crippen LogP contribution in [0.3, 0.4) is 0 Å². The molecular formula is C15H24LiO2P. The maximum Gasteiger partial charge on any atom is 1.00 e. The van der Waals surface area contributed by atoms with Gasteiger partial charge in [0.1, 0.15) is 0 Å². The third-order valence-corrected chi connectivity index (χ3v) is 3.56. The van der Waals surface area contributed by atoms with Crippen molar-refractivity contribution in [2.75, 3.05) is 6.61 Å². The third-order valence-electron chi connectivity index (χ3n) is 3.27. The zero-order valence-corrected chi connectivity index (χ0v) is 13.1. The Labute approximate surface area is 132 Å². The SMILES string of the molecule is CCCCC(CCCCOP=O)c1ccccc1.[H-].[Li+]. The fraction of sp³-hybridized carbons (Fsp3) is 0.600. The molecule has 0 aromatic heterocycles. The molecule has 0 saturated carbocycles. The van der Waals surface area contributed by atoms with Crippen molar-refractivity contribution in [1.82, 2.24) is 0 Å². The van der Waals surface area contributed by atoms with Gasteiger partial charge in [0.05, 0.1) is 6.61 Å². The summed E-state index contributed by atoms with van der Waals surface area (Å²) in [7, 11) is -0.196. The second kappa shape index (κ2) is 12.9. The number of rotatable bonds is 10. The van der Waals surface area contributed by atoms with E-state index < -0.39 is 0 Å². The van der Waals surface area contributed by atoms with Crippen LogP contribution in [0.4, 0.5) is 0 Å². The van der Waals surface area contributed by atoms with E-state index in [-0.39, 0.29) is 29.0 Å². The molecule has 2 nitrogen and oxygen atoms in total. The summed E-state index contributed by atoms with van der Waals surface area (Å²) in [6.07, 6.45) is 7.13. The Bertz CT molecular complexity index is 325. The van der Waals surface area contributed by atoms with E-state index >= 15 is 0 Å². The first-order valence-electron chi connectivity index (χ1n) is 6.88. The average Bonchev–Trinajstić information content (AvgIpc) is 2.43. The van der Waals surface area contributed by atoms with Crippen molar-refractivity contribution >= 4 is 8.69 Å². The van der Waals surface area contributed by atoms with Crippen LogP contribution in [0.15, 0.2) is 30.3 Å². The normalized spacial score (nSPS) is 12.1. The first-order valence-corrected chi connectivity index (χ1v) is 7.61.